The lowest BCUT2D eigenvalue weighted by Gasteiger charge is -2.23. The van der Waals surface area contributed by atoms with Crippen molar-refractivity contribution in [2.24, 2.45) is 5.41 Å². The molecule has 0 saturated carbocycles. The van der Waals surface area contributed by atoms with Crippen molar-refractivity contribution in [3.05, 3.63) is 30.1 Å². The van der Waals surface area contributed by atoms with Gasteiger partial charge in [0.1, 0.15) is 11.2 Å². The molecule has 0 fully saturated rings. The van der Waals surface area contributed by atoms with Gasteiger partial charge < -0.3 is 4.90 Å². The van der Waals surface area contributed by atoms with E-state index in [2.05, 4.69) is 0 Å². The van der Waals surface area contributed by atoms with Crippen LogP contribution in [0.25, 0.3) is 0 Å². The maximum absolute atomic E-state index is 12.7. The molecule has 0 aromatic heterocycles. The molecule has 16 heavy (non-hydrogen) atoms. The highest BCUT2D eigenvalue weighted by Gasteiger charge is 2.30. The van der Waals surface area contributed by atoms with Gasteiger partial charge in [-0.15, -0.1) is 0 Å². The van der Waals surface area contributed by atoms with E-state index in [0.717, 1.165) is 0 Å². The Morgan fingerprint density at radius 3 is 2.31 bits per heavy atom. The number of rotatable bonds is 2. The van der Waals surface area contributed by atoms with Crippen molar-refractivity contribution in [3.8, 4) is 6.07 Å². The predicted molar refractivity (Wildman–Crippen MR) is 59.2 cm³/mol. The second kappa shape index (κ2) is 4.31. The number of benzene rings is 1. The van der Waals surface area contributed by atoms with Crippen LogP contribution in [0.4, 0.5) is 10.1 Å². The van der Waals surface area contributed by atoms with E-state index in [1.807, 2.05) is 6.07 Å². The van der Waals surface area contributed by atoms with Crippen LogP contribution in [0.5, 0.6) is 0 Å². The van der Waals surface area contributed by atoms with Gasteiger partial charge in [-0.2, -0.15) is 5.26 Å². The summed E-state index contributed by atoms with van der Waals surface area (Å²) in [5.41, 5.74) is -0.516. The van der Waals surface area contributed by atoms with E-state index in [1.165, 1.54) is 29.2 Å². The van der Waals surface area contributed by atoms with Crippen LogP contribution in [0.15, 0.2) is 24.3 Å². The monoisotopic (exact) mass is 220 g/mol. The molecule has 0 N–H and O–H groups in total. The summed E-state index contributed by atoms with van der Waals surface area (Å²) in [6, 6.07) is 7.49. The number of hydrogen-bond donors (Lipinski definition) is 0. The molecule has 0 aliphatic rings. The second-order valence-electron chi connectivity index (χ2n) is 4.08. The molecule has 0 unspecified atom stereocenters. The standard InChI is InChI=1S/C12H13FN2O/c1-12(2,8-14)11(16)15(3)10-6-4-9(13)5-7-10/h4-7H,1-3H3. The summed E-state index contributed by atoms with van der Waals surface area (Å²) >= 11 is 0. The summed E-state index contributed by atoms with van der Waals surface area (Å²) in [5, 5.41) is 8.85. The van der Waals surface area contributed by atoms with E-state index in [4.69, 9.17) is 5.26 Å². The molecule has 1 aromatic carbocycles. The first kappa shape index (κ1) is 12.2. The van der Waals surface area contributed by atoms with Crippen LogP contribution in [-0.4, -0.2) is 13.0 Å². The van der Waals surface area contributed by atoms with Crippen LogP contribution in [0, 0.1) is 22.6 Å². The van der Waals surface area contributed by atoms with Crippen LogP contribution in [0.3, 0.4) is 0 Å². The van der Waals surface area contributed by atoms with Crippen LogP contribution < -0.4 is 4.90 Å². The zero-order chi connectivity index (χ0) is 12.3. The molecule has 1 rings (SSSR count). The smallest absolute Gasteiger partial charge is 0.246 e. The Morgan fingerprint density at radius 2 is 1.88 bits per heavy atom. The third-order valence-corrected chi connectivity index (χ3v) is 2.33. The van der Waals surface area contributed by atoms with Gasteiger partial charge in [0.25, 0.3) is 0 Å². The van der Waals surface area contributed by atoms with Gasteiger partial charge in [0, 0.05) is 12.7 Å². The normalized spacial score (nSPS) is 10.7. The van der Waals surface area contributed by atoms with E-state index in [0.29, 0.717) is 5.69 Å². The molecule has 0 aliphatic carbocycles. The lowest BCUT2D eigenvalue weighted by atomic mass is 9.94. The summed E-state index contributed by atoms with van der Waals surface area (Å²) in [6.45, 7) is 3.10. The molecule has 1 amide bonds. The van der Waals surface area contributed by atoms with E-state index < -0.39 is 5.41 Å². The zero-order valence-electron chi connectivity index (χ0n) is 9.49. The zero-order valence-corrected chi connectivity index (χ0v) is 9.49. The molecular weight excluding hydrogens is 207 g/mol. The Morgan fingerprint density at radius 1 is 1.38 bits per heavy atom. The summed E-state index contributed by atoms with van der Waals surface area (Å²) in [5.74, 6) is -0.675. The van der Waals surface area contributed by atoms with Gasteiger partial charge in [-0.25, -0.2) is 4.39 Å². The lowest BCUT2D eigenvalue weighted by Crippen LogP contribution is -2.37. The molecule has 3 nitrogen and oxygen atoms in total. The Labute approximate surface area is 94.1 Å². The summed E-state index contributed by atoms with van der Waals surface area (Å²) < 4.78 is 12.7. The van der Waals surface area contributed by atoms with Crippen molar-refractivity contribution in [3.63, 3.8) is 0 Å². The fourth-order valence-corrected chi connectivity index (χ4v) is 1.25. The Kier molecular flexibility index (Phi) is 3.28. The van der Waals surface area contributed by atoms with Crippen LogP contribution in [0.2, 0.25) is 0 Å². The largest absolute Gasteiger partial charge is 0.314 e. The fourth-order valence-electron chi connectivity index (χ4n) is 1.25. The minimum atomic E-state index is -1.08. The van der Waals surface area contributed by atoms with Gasteiger partial charge in [0.05, 0.1) is 6.07 Å². The second-order valence-corrected chi connectivity index (χ2v) is 4.08. The highest BCUT2D eigenvalue weighted by atomic mass is 19.1. The number of nitriles is 1. The summed E-state index contributed by atoms with van der Waals surface area (Å²) in [7, 11) is 1.56. The minimum absolute atomic E-state index is 0.318. The topological polar surface area (TPSA) is 44.1 Å². The molecule has 0 spiro atoms. The van der Waals surface area contributed by atoms with Crippen molar-refractivity contribution >= 4 is 11.6 Å². The highest BCUT2D eigenvalue weighted by molar-refractivity contribution is 5.98. The molecule has 1 aromatic rings. The fraction of sp³-hybridized carbons (Fsp3) is 0.333. The number of amides is 1. The average Bonchev–Trinajstić information content (AvgIpc) is 2.28. The van der Waals surface area contributed by atoms with Crippen LogP contribution in [-0.2, 0) is 4.79 Å². The molecule has 84 valence electrons. The third kappa shape index (κ3) is 2.37. The van der Waals surface area contributed by atoms with Crippen LogP contribution in [0.1, 0.15) is 13.8 Å². The van der Waals surface area contributed by atoms with Gasteiger partial charge in [-0.05, 0) is 38.1 Å². The molecule has 4 heteroatoms. The molecule has 0 bridgehead atoms. The van der Waals surface area contributed by atoms with Crippen molar-refractivity contribution in [2.75, 3.05) is 11.9 Å². The number of carbonyl (C=O) groups excluding carboxylic acids is 1. The SMILES string of the molecule is CN(C(=O)C(C)(C)C#N)c1ccc(F)cc1. The van der Waals surface area contributed by atoms with Gasteiger partial charge >= 0.3 is 0 Å². The van der Waals surface area contributed by atoms with Crippen molar-refractivity contribution in [1.82, 2.24) is 0 Å². The van der Waals surface area contributed by atoms with Crippen molar-refractivity contribution in [1.29, 1.82) is 5.26 Å². The maximum atomic E-state index is 12.7. The first-order chi connectivity index (χ1) is 7.38. The molecular formula is C12H13FN2O. The lowest BCUT2D eigenvalue weighted by molar-refractivity contribution is -0.123. The maximum Gasteiger partial charge on any atom is 0.246 e. The minimum Gasteiger partial charge on any atom is -0.314 e. The van der Waals surface area contributed by atoms with Crippen LogP contribution >= 0.6 is 0 Å². The van der Waals surface area contributed by atoms with Gasteiger partial charge in [0.2, 0.25) is 5.91 Å². The first-order valence-electron chi connectivity index (χ1n) is 4.83. The number of anilines is 1. The molecule has 0 saturated heterocycles. The quantitative estimate of drug-likeness (QED) is 0.767. The number of halogens is 1. The van der Waals surface area contributed by atoms with Crippen molar-refractivity contribution < 1.29 is 9.18 Å². The Hall–Kier alpha value is -1.89. The summed E-state index contributed by atoms with van der Waals surface area (Å²) in [4.78, 5) is 13.2. The molecule has 0 heterocycles. The molecule has 0 radical (unpaired) electrons. The van der Waals surface area contributed by atoms with Gasteiger partial charge in [-0.3, -0.25) is 4.79 Å². The summed E-state index contributed by atoms with van der Waals surface area (Å²) in [6.07, 6.45) is 0. The molecule has 0 atom stereocenters. The number of carbonyl (C=O) groups is 1. The van der Waals surface area contributed by atoms with E-state index in [9.17, 15) is 9.18 Å². The number of nitrogens with zero attached hydrogens (tertiary/aromatic N) is 2. The predicted octanol–water partition coefficient (Wildman–Crippen LogP) is 2.34. The number of hydrogen-bond acceptors (Lipinski definition) is 2. The third-order valence-electron chi connectivity index (χ3n) is 2.33. The highest BCUT2D eigenvalue weighted by Crippen LogP contribution is 2.21. The van der Waals surface area contributed by atoms with E-state index in [1.54, 1.807) is 20.9 Å². The van der Waals surface area contributed by atoms with Crippen molar-refractivity contribution in [2.45, 2.75) is 13.8 Å². The van der Waals surface area contributed by atoms with Gasteiger partial charge in [0.15, 0.2) is 0 Å². The van der Waals surface area contributed by atoms with E-state index >= 15 is 0 Å². The van der Waals surface area contributed by atoms with Gasteiger partial charge in [-0.1, -0.05) is 0 Å². The average molecular weight is 220 g/mol. The Balaban J connectivity index is 2.96. The molecule has 0 aliphatic heterocycles. The van der Waals surface area contributed by atoms with E-state index in [-0.39, 0.29) is 11.7 Å². The Bertz CT molecular complexity index is 431. The first-order valence-corrected chi connectivity index (χ1v) is 4.83.